The Kier molecular flexibility index (Phi) is 5.74. The van der Waals surface area contributed by atoms with Gasteiger partial charge >= 0.3 is 0 Å². The topological polar surface area (TPSA) is 63.4 Å². The maximum Gasteiger partial charge on any atom is 0.223 e. The maximum atomic E-state index is 12.3. The van der Waals surface area contributed by atoms with E-state index in [1.54, 1.807) is 4.90 Å². The standard InChI is InChI=1S/C16H24N2O2/c1-16(2,3)11-15(20)18(10-9-14(17)19)12-13-7-5-4-6-8-13/h4-8H,9-12H2,1-3H3,(H2,17,19). The summed E-state index contributed by atoms with van der Waals surface area (Å²) in [5.41, 5.74) is 6.17. The molecule has 20 heavy (non-hydrogen) atoms. The molecule has 0 aliphatic rings. The fraction of sp³-hybridized carbons (Fsp3) is 0.500. The van der Waals surface area contributed by atoms with E-state index in [0.29, 0.717) is 19.5 Å². The summed E-state index contributed by atoms with van der Waals surface area (Å²) in [5.74, 6) is -0.325. The third-order valence-electron chi connectivity index (χ3n) is 2.88. The molecule has 0 aliphatic carbocycles. The molecule has 1 aromatic carbocycles. The van der Waals surface area contributed by atoms with Gasteiger partial charge in [-0.1, -0.05) is 51.1 Å². The highest BCUT2D eigenvalue weighted by atomic mass is 16.2. The fourth-order valence-corrected chi connectivity index (χ4v) is 1.91. The van der Waals surface area contributed by atoms with Crippen LogP contribution in [0.25, 0.3) is 0 Å². The number of hydrogen-bond acceptors (Lipinski definition) is 2. The van der Waals surface area contributed by atoms with Crippen LogP contribution in [0.15, 0.2) is 30.3 Å². The molecule has 0 radical (unpaired) electrons. The van der Waals surface area contributed by atoms with Crippen LogP contribution < -0.4 is 5.73 Å². The molecule has 4 nitrogen and oxygen atoms in total. The van der Waals surface area contributed by atoms with E-state index in [2.05, 4.69) is 0 Å². The zero-order valence-electron chi connectivity index (χ0n) is 12.6. The summed E-state index contributed by atoms with van der Waals surface area (Å²) >= 11 is 0. The smallest absolute Gasteiger partial charge is 0.223 e. The van der Waals surface area contributed by atoms with Crippen molar-refractivity contribution in [3.8, 4) is 0 Å². The quantitative estimate of drug-likeness (QED) is 0.866. The van der Waals surface area contributed by atoms with Gasteiger partial charge in [-0.05, 0) is 11.0 Å². The van der Waals surface area contributed by atoms with Crippen molar-refractivity contribution in [2.75, 3.05) is 6.54 Å². The van der Waals surface area contributed by atoms with Gasteiger partial charge in [0, 0.05) is 25.9 Å². The number of rotatable bonds is 6. The zero-order valence-corrected chi connectivity index (χ0v) is 12.6. The number of primary amides is 1. The highest BCUT2D eigenvalue weighted by molar-refractivity contribution is 5.78. The minimum atomic E-state index is -0.383. The van der Waals surface area contributed by atoms with Crippen molar-refractivity contribution in [2.45, 2.75) is 40.2 Å². The molecule has 2 N–H and O–H groups in total. The van der Waals surface area contributed by atoms with Crippen LogP contribution in [-0.4, -0.2) is 23.3 Å². The Morgan fingerprint density at radius 3 is 2.25 bits per heavy atom. The van der Waals surface area contributed by atoms with Gasteiger partial charge in [0.1, 0.15) is 0 Å². The second kappa shape index (κ2) is 7.08. The van der Waals surface area contributed by atoms with E-state index < -0.39 is 0 Å². The number of amides is 2. The molecule has 0 unspecified atom stereocenters. The second-order valence-corrected chi connectivity index (χ2v) is 6.25. The normalized spacial score (nSPS) is 11.2. The SMILES string of the molecule is CC(C)(C)CC(=O)N(CCC(N)=O)Cc1ccccc1. The average molecular weight is 276 g/mol. The molecule has 0 fully saturated rings. The van der Waals surface area contributed by atoms with Crippen LogP contribution >= 0.6 is 0 Å². The zero-order chi connectivity index (χ0) is 15.2. The number of nitrogens with two attached hydrogens (primary N) is 1. The van der Waals surface area contributed by atoms with Gasteiger partial charge in [0.15, 0.2) is 0 Å². The number of hydrogen-bond donors (Lipinski definition) is 1. The summed E-state index contributed by atoms with van der Waals surface area (Å²) in [5, 5.41) is 0. The van der Waals surface area contributed by atoms with Crippen LogP contribution in [0, 0.1) is 5.41 Å². The predicted octanol–water partition coefficient (Wildman–Crippen LogP) is 2.33. The molecule has 1 aromatic rings. The Morgan fingerprint density at radius 2 is 1.75 bits per heavy atom. The van der Waals surface area contributed by atoms with Gasteiger partial charge in [-0.2, -0.15) is 0 Å². The first-order chi connectivity index (χ1) is 9.28. The van der Waals surface area contributed by atoms with E-state index in [9.17, 15) is 9.59 Å². The van der Waals surface area contributed by atoms with Crippen LogP contribution in [0.1, 0.15) is 39.2 Å². The van der Waals surface area contributed by atoms with Gasteiger partial charge < -0.3 is 10.6 Å². The number of carbonyl (C=O) groups is 2. The average Bonchev–Trinajstić information content (AvgIpc) is 2.33. The maximum absolute atomic E-state index is 12.3. The van der Waals surface area contributed by atoms with Gasteiger partial charge in [0.2, 0.25) is 11.8 Å². The molecular weight excluding hydrogens is 252 g/mol. The predicted molar refractivity (Wildman–Crippen MR) is 79.7 cm³/mol. The Hall–Kier alpha value is -1.84. The van der Waals surface area contributed by atoms with Crippen LogP contribution in [0.5, 0.6) is 0 Å². The van der Waals surface area contributed by atoms with Crippen molar-refractivity contribution in [1.82, 2.24) is 4.90 Å². The lowest BCUT2D eigenvalue weighted by Gasteiger charge is -2.26. The first-order valence-electron chi connectivity index (χ1n) is 6.88. The van der Waals surface area contributed by atoms with Crippen LogP contribution in [-0.2, 0) is 16.1 Å². The lowest BCUT2D eigenvalue weighted by molar-refractivity contribution is -0.134. The summed E-state index contributed by atoms with van der Waals surface area (Å²) < 4.78 is 0. The minimum Gasteiger partial charge on any atom is -0.370 e. The Balaban J connectivity index is 2.74. The Bertz CT molecular complexity index is 449. The van der Waals surface area contributed by atoms with E-state index in [0.717, 1.165) is 5.56 Å². The van der Waals surface area contributed by atoms with Crippen LogP contribution in [0.4, 0.5) is 0 Å². The number of carbonyl (C=O) groups excluding carboxylic acids is 2. The largest absolute Gasteiger partial charge is 0.370 e. The second-order valence-electron chi connectivity index (χ2n) is 6.25. The van der Waals surface area contributed by atoms with Crippen molar-refractivity contribution in [3.63, 3.8) is 0 Å². The molecule has 0 heterocycles. The molecule has 0 atom stereocenters. The molecule has 2 amide bonds. The van der Waals surface area contributed by atoms with Gasteiger partial charge in [0.05, 0.1) is 0 Å². The summed E-state index contributed by atoms with van der Waals surface area (Å²) in [6, 6.07) is 9.77. The van der Waals surface area contributed by atoms with Crippen molar-refractivity contribution < 1.29 is 9.59 Å². The fourth-order valence-electron chi connectivity index (χ4n) is 1.91. The molecule has 0 bridgehead atoms. The van der Waals surface area contributed by atoms with Gasteiger partial charge in [-0.25, -0.2) is 0 Å². The number of benzene rings is 1. The molecule has 0 saturated heterocycles. The summed E-state index contributed by atoms with van der Waals surface area (Å²) in [6.07, 6.45) is 0.654. The summed E-state index contributed by atoms with van der Waals surface area (Å²) in [7, 11) is 0. The van der Waals surface area contributed by atoms with E-state index >= 15 is 0 Å². The molecule has 0 spiro atoms. The highest BCUT2D eigenvalue weighted by Gasteiger charge is 2.21. The first kappa shape index (κ1) is 16.2. The van der Waals surface area contributed by atoms with Crippen molar-refractivity contribution in [1.29, 1.82) is 0 Å². The van der Waals surface area contributed by atoms with Crippen molar-refractivity contribution in [3.05, 3.63) is 35.9 Å². The molecule has 0 saturated carbocycles. The van der Waals surface area contributed by atoms with Gasteiger partial charge in [-0.3, -0.25) is 9.59 Å². The highest BCUT2D eigenvalue weighted by Crippen LogP contribution is 2.20. The number of nitrogens with zero attached hydrogens (tertiary/aromatic N) is 1. The van der Waals surface area contributed by atoms with Gasteiger partial charge in [0.25, 0.3) is 0 Å². The van der Waals surface area contributed by atoms with Gasteiger partial charge in [-0.15, -0.1) is 0 Å². The van der Waals surface area contributed by atoms with E-state index in [-0.39, 0.29) is 23.7 Å². The Labute approximate surface area is 121 Å². The van der Waals surface area contributed by atoms with Crippen molar-refractivity contribution >= 4 is 11.8 Å². The molecule has 0 aliphatic heterocycles. The lowest BCUT2D eigenvalue weighted by atomic mass is 9.91. The summed E-state index contributed by atoms with van der Waals surface area (Å²) in [4.78, 5) is 25.0. The molecule has 1 rings (SSSR count). The molecule has 110 valence electrons. The summed E-state index contributed by atoms with van der Waals surface area (Å²) in [6.45, 7) is 6.97. The Morgan fingerprint density at radius 1 is 1.15 bits per heavy atom. The minimum absolute atomic E-state index is 0.0580. The molecular formula is C16H24N2O2. The van der Waals surface area contributed by atoms with Crippen LogP contribution in [0.3, 0.4) is 0 Å². The lowest BCUT2D eigenvalue weighted by Crippen LogP contribution is -2.35. The van der Waals surface area contributed by atoms with E-state index in [1.165, 1.54) is 0 Å². The first-order valence-corrected chi connectivity index (χ1v) is 6.88. The molecule has 4 heteroatoms. The van der Waals surface area contributed by atoms with E-state index in [1.807, 2.05) is 51.1 Å². The van der Waals surface area contributed by atoms with E-state index in [4.69, 9.17) is 5.73 Å². The van der Waals surface area contributed by atoms with Crippen molar-refractivity contribution in [2.24, 2.45) is 11.1 Å². The third kappa shape index (κ3) is 6.36. The molecule has 0 aromatic heterocycles. The monoisotopic (exact) mass is 276 g/mol. The van der Waals surface area contributed by atoms with Crippen LogP contribution in [0.2, 0.25) is 0 Å². The third-order valence-corrected chi connectivity index (χ3v) is 2.88.